The summed E-state index contributed by atoms with van der Waals surface area (Å²) in [5.74, 6) is -0.759. The zero-order chi connectivity index (χ0) is 22.4. The zero-order valence-electron chi connectivity index (χ0n) is 17.4. The molecule has 2 atom stereocenters. The number of carbonyl (C=O) groups excluding carboxylic acids is 1. The highest BCUT2D eigenvalue weighted by molar-refractivity contribution is 5.97. The van der Waals surface area contributed by atoms with Crippen LogP contribution in [0, 0.1) is 0 Å². The fourth-order valence-corrected chi connectivity index (χ4v) is 4.32. The van der Waals surface area contributed by atoms with Crippen LogP contribution in [-0.4, -0.2) is 60.1 Å². The van der Waals surface area contributed by atoms with Gasteiger partial charge < -0.3 is 15.0 Å². The molecule has 32 heavy (non-hydrogen) atoms. The zero-order valence-corrected chi connectivity index (χ0v) is 17.4. The predicted octanol–water partition coefficient (Wildman–Crippen LogP) is 3.18. The summed E-state index contributed by atoms with van der Waals surface area (Å²) >= 11 is 0. The lowest BCUT2D eigenvalue weighted by molar-refractivity contribution is -0.125. The second-order valence-electron chi connectivity index (χ2n) is 7.90. The first-order chi connectivity index (χ1) is 15.5. The molecule has 3 aromatic heterocycles. The van der Waals surface area contributed by atoms with Gasteiger partial charge in [0.25, 0.3) is 0 Å². The number of hydrogen-bond donors (Lipinski definition) is 2. The van der Waals surface area contributed by atoms with Crippen molar-refractivity contribution in [1.82, 2.24) is 29.9 Å². The minimum Gasteiger partial charge on any atom is -0.507 e. The Hall–Kier alpha value is -4.01. The van der Waals surface area contributed by atoms with Crippen molar-refractivity contribution in [3.63, 3.8) is 0 Å². The average Bonchev–Trinajstić information content (AvgIpc) is 3.49. The van der Waals surface area contributed by atoms with E-state index in [0.717, 1.165) is 16.5 Å². The first kappa shape index (κ1) is 19.9. The SMILES string of the molecule is C=CC(=O)N1C[C@@H](F)[C@@H](c2[nH]c3nnc(-c4ccccc4O)cc3c2-c2cnn(C)c2)C1. The molecule has 1 amide bonds. The van der Waals surface area contributed by atoms with Crippen LogP contribution in [0.25, 0.3) is 33.4 Å². The summed E-state index contributed by atoms with van der Waals surface area (Å²) in [4.78, 5) is 16.8. The highest BCUT2D eigenvalue weighted by atomic mass is 19.1. The van der Waals surface area contributed by atoms with Gasteiger partial charge in [0.1, 0.15) is 11.9 Å². The lowest BCUT2D eigenvalue weighted by Crippen LogP contribution is -2.27. The van der Waals surface area contributed by atoms with Crippen LogP contribution >= 0.6 is 0 Å². The highest BCUT2D eigenvalue weighted by Gasteiger charge is 2.38. The van der Waals surface area contributed by atoms with Gasteiger partial charge in [0.05, 0.1) is 24.4 Å². The number of alkyl halides is 1. The van der Waals surface area contributed by atoms with Crippen LogP contribution in [0.3, 0.4) is 0 Å². The maximum atomic E-state index is 15.1. The topological polar surface area (TPSA) is 99.9 Å². The smallest absolute Gasteiger partial charge is 0.246 e. The number of rotatable bonds is 4. The summed E-state index contributed by atoms with van der Waals surface area (Å²) in [6.07, 6.45) is 3.52. The molecule has 5 rings (SSSR count). The van der Waals surface area contributed by atoms with Gasteiger partial charge in [-0.2, -0.15) is 5.10 Å². The number of likely N-dealkylation sites (tertiary alicyclic amines) is 1. The van der Waals surface area contributed by atoms with E-state index in [0.29, 0.717) is 22.6 Å². The summed E-state index contributed by atoms with van der Waals surface area (Å²) in [6, 6.07) is 8.72. The van der Waals surface area contributed by atoms with E-state index in [-0.39, 0.29) is 24.7 Å². The molecule has 1 aliphatic rings. The summed E-state index contributed by atoms with van der Waals surface area (Å²) in [7, 11) is 1.81. The number of aromatic amines is 1. The van der Waals surface area contributed by atoms with Gasteiger partial charge in [0.2, 0.25) is 5.91 Å². The molecule has 0 spiro atoms. The Morgan fingerprint density at radius 1 is 1.31 bits per heavy atom. The van der Waals surface area contributed by atoms with E-state index in [4.69, 9.17) is 0 Å². The van der Waals surface area contributed by atoms with Crippen LogP contribution in [0.15, 0.2) is 55.4 Å². The molecule has 162 valence electrons. The first-order valence-corrected chi connectivity index (χ1v) is 10.2. The summed E-state index contributed by atoms with van der Waals surface area (Å²) in [5, 5.41) is 23.8. The molecule has 0 unspecified atom stereocenters. The Balaban J connectivity index is 1.69. The molecule has 4 aromatic rings. The maximum absolute atomic E-state index is 15.1. The van der Waals surface area contributed by atoms with Crippen molar-refractivity contribution in [2.24, 2.45) is 7.05 Å². The predicted molar refractivity (Wildman–Crippen MR) is 118 cm³/mol. The van der Waals surface area contributed by atoms with E-state index in [1.807, 2.05) is 25.4 Å². The number of phenols is 1. The molecule has 0 radical (unpaired) electrons. The Kier molecular flexibility index (Phi) is 4.73. The molecule has 1 saturated heterocycles. The molecule has 9 heteroatoms. The number of carbonyl (C=O) groups is 1. The minimum absolute atomic E-state index is 0.00613. The van der Waals surface area contributed by atoms with E-state index in [9.17, 15) is 9.90 Å². The summed E-state index contributed by atoms with van der Waals surface area (Å²) in [6.45, 7) is 3.74. The molecular weight excluding hydrogens is 411 g/mol. The largest absolute Gasteiger partial charge is 0.507 e. The fraction of sp³-hybridized carbons (Fsp3) is 0.217. The van der Waals surface area contributed by atoms with E-state index >= 15 is 4.39 Å². The van der Waals surface area contributed by atoms with Gasteiger partial charge in [0, 0.05) is 47.6 Å². The number of amides is 1. The molecule has 0 aliphatic carbocycles. The maximum Gasteiger partial charge on any atom is 0.246 e. The van der Waals surface area contributed by atoms with E-state index in [1.165, 1.54) is 11.0 Å². The number of phenolic OH excluding ortho intramolecular Hbond substituents is 1. The fourth-order valence-electron chi connectivity index (χ4n) is 4.32. The third-order valence-electron chi connectivity index (χ3n) is 5.86. The summed E-state index contributed by atoms with van der Waals surface area (Å²) < 4.78 is 16.8. The number of H-pyrrole nitrogens is 1. The number of aromatic nitrogens is 5. The number of benzene rings is 1. The Morgan fingerprint density at radius 3 is 2.84 bits per heavy atom. The molecule has 4 heterocycles. The van der Waals surface area contributed by atoms with Crippen molar-refractivity contribution >= 4 is 16.9 Å². The monoisotopic (exact) mass is 432 g/mol. The van der Waals surface area contributed by atoms with Crippen LogP contribution in [0.1, 0.15) is 11.6 Å². The summed E-state index contributed by atoms with van der Waals surface area (Å²) in [5.41, 5.74) is 3.75. The van der Waals surface area contributed by atoms with Gasteiger partial charge in [-0.05, 0) is 24.3 Å². The van der Waals surface area contributed by atoms with Crippen LogP contribution in [0.4, 0.5) is 4.39 Å². The van der Waals surface area contributed by atoms with Crippen LogP contribution in [0.5, 0.6) is 5.75 Å². The number of nitrogens with zero attached hydrogens (tertiary/aromatic N) is 5. The Labute approximate surface area is 183 Å². The number of fused-ring (bicyclic) bond motifs is 1. The third-order valence-corrected chi connectivity index (χ3v) is 5.86. The van der Waals surface area contributed by atoms with Gasteiger partial charge in [-0.25, -0.2) is 4.39 Å². The standard InChI is InChI=1S/C23H21FN6O2/c1-3-20(32)30-11-16(17(24)12-30)22-21(13-9-25-29(2)10-13)15-8-18(27-28-23(15)26-22)14-6-4-5-7-19(14)31/h3-10,16-17,31H,1,11-12H2,2H3,(H,26,28)/t16-,17+/m0/s1. The molecule has 2 N–H and O–H groups in total. The molecule has 0 saturated carbocycles. The van der Waals surface area contributed by atoms with Gasteiger partial charge >= 0.3 is 0 Å². The molecule has 0 bridgehead atoms. The Bertz CT molecular complexity index is 1340. The van der Waals surface area contributed by atoms with Crippen molar-refractivity contribution in [3.8, 4) is 28.1 Å². The molecule has 8 nitrogen and oxygen atoms in total. The number of aryl methyl sites for hydroxylation is 1. The van der Waals surface area contributed by atoms with Gasteiger partial charge in [-0.15, -0.1) is 10.2 Å². The second-order valence-corrected chi connectivity index (χ2v) is 7.90. The van der Waals surface area contributed by atoms with Gasteiger partial charge in [0.15, 0.2) is 5.65 Å². The van der Waals surface area contributed by atoms with Gasteiger partial charge in [-0.1, -0.05) is 18.7 Å². The molecule has 1 aromatic carbocycles. The minimum atomic E-state index is -1.24. The van der Waals surface area contributed by atoms with Gasteiger partial charge in [-0.3, -0.25) is 9.48 Å². The van der Waals surface area contributed by atoms with Crippen molar-refractivity contribution in [1.29, 1.82) is 0 Å². The first-order valence-electron chi connectivity index (χ1n) is 10.2. The van der Waals surface area contributed by atoms with E-state index in [2.05, 4.69) is 26.9 Å². The number of aromatic hydroxyl groups is 1. The third kappa shape index (κ3) is 3.22. The average molecular weight is 432 g/mol. The second kappa shape index (κ2) is 7.60. The molecule has 1 aliphatic heterocycles. The van der Waals surface area contributed by atoms with Crippen LogP contribution < -0.4 is 0 Å². The quantitative estimate of drug-likeness (QED) is 0.483. The number of hydrogen-bond acceptors (Lipinski definition) is 5. The highest BCUT2D eigenvalue weighted by Crippen LogP contribution is 2.41. The van der Waals surface area contributed by atoms with Crippen LogP contribution in [-0.2, 0) is 11.8 Å². The normalized spacial score (nSPS) is 18.4. The lowest BCUT2D eigenvalue weighted by atomic mass is 9.95. The van der Waals surface area contributed by atoms with Crippen molar-refractivity contribution in [2.75, 3.05) is 13.1 Å². The molecular formula is C23H21FN6O2. The van der Waals surface area contributed by atoms with E-state index in [1.54, 1.807) is 29.1 Å². The lowest BCUT2D eigenvalue weighted by Gasteiger charge is -2.14. The van der Waals surface area contributed by atoms with Crippen molar-refractivity contribution in [3.05, 3.63) is 61.1 Å². The Morgan fingerprint density at radius 2 is 2.12 bits per heavy atom. The van der Waals surface area contributed by atoms with E-state index < -0.39 is 12.1 Å². The molecule has 1 fully saturated rings. The van der Waals surface area contributed by atoms with Crippen molar-refractivity contribution < 1.29 is 14.3 Å². The number of halogens is 1. The van der Waals surface area contributed by atoms with Crippen LogP contribution in [0.2, 0.25) is 0 Å². The number of para-hydroxylation sites is 1. The van der Waals surface area contributed by atoms with Crippen molar-refractivity contribution in [2.45, 2.75) is 12.1 Å². The number of nitrogens with one attached hydrogen (secondary N) is 1.